The predicted octanol–water partition coefficient (Wildman–Crippen LogP) is -1.27. The van der Waals surface area contributed by atoms with Crippen molar-refractivity contribution in [2.75, 3.05) is 12.8 Å². The Hall–Kier alpha value is -1.76. The smallest absolute Gasteiger partial charge is 0.291 e. The van der Waals surface area contributed by atoms with Gasteiger partial charge in [0.1, 0.15) is 4.90 Å². The van der Waals surface area contributed by atoms with Crippen molar-refractivity contribution < 1.29 is 21.8 Å². The highest BCUT2D eigenvalue weighted by molar-refractivity contribution is 7.90. The molecule has 0 spiro atoms. The number of nitrogens with one attached hydrogen (secondary N) is 1. The largest absolute Gasteiger partial charge is 0.397 e. The highest BCUT2D eigenvalue weighted by atomic mass is 32.2. The molecule has 0 fully saturated rings. The summed E-state index contributed by atoms with van der Waals surface area (Å²) in [6, 6.07) is 1.18. The molecular weight excluding hydrogens is 300 g/mol. The maximum Gasteiger partial charge on any atom is 0.291 e. The Morgan fingerprint density at radius 1 is 1.21 bits per heavy atom. The Bertz CT molecular complexity index is 739. The van der Waals surface area contributed by atoms with E-state index in [1.165, 1.54) is 0 Å². The summed E-state index contributed by atoms with van der Waals surface area (Å²) in [6.45, 7) is 0. The minimum atomic E-state index is -4.48. The minimum Gasteiger partial charge on any atom is -0.397 e. The lowest BCUT2D eigenvalue weighted by atomic mass is 10.3. The lowest BCUT2D eigenvalue weighted by Crippen LogP contribution is -2.22. The van der Waals surface area contributed by atoms with Gasteiger partial charge >= 0.3 is 0 Å². The number of hydrogen-bond acceptors (Lipinski definition) is 7. The first-order chi connectivity index (χ1) is 8.50. The number of nitrogens with two attached hydrogens (primary N) is 2. The van der Waals surface area contributed by atoms with Gasteiger partial charge in [-0.05, 0) is 13.1 Å². The molecule has 0 unspecified atom stereocenters. The Morgan fingerprint density at radius 2 is 1.74 bits per heavy atom. The zero-order chi connectivity index (χ0) is 15.0. The average molecular weight is 310 g/mol. The van der Waals surface area contributed by atoms with Gasteiger partial charge < -0.3 is 5.73 Å². The number of nitro groups is 1. The quantitative estimate of drug-likeness (QED) is 0.353. The molecule has 0 aromatic heterocycles. The third-order valence-corrected chi connectivity index (χ3v) is 4.56. The Kier molecular flexibility index (Phi) is 3.81. The van der Waals surface area contributed by atoms with Crippen LogP contribution in [0.2, 0.25) is 0 Å². The van der Waals surface area contributed by atoms with Crippen LogP contribution in [0.5, 0.6) is 0 Å². The van der Waals surface area contributed by atoms with Crippen LogP contribution in [0.4, 0.5) is 11.4 Å². The van der Waals surface area contributed by atoms with Crippen molar-refractivity contribution in [1.82, 2.24) is 4.72 Å². The summed E-state index contributed by atoms with van der Waals surface area (Å²) in [5.74, 6) is 0. The molecular formula is C7H10N4O6S2. The van der Waals surface area contributed by atoms with E-state index in [9.17, 15) is 26.9 Å². The normalized spacial score (nSPS) is 12.3. The molecule has 0 radical (unpaired) electrons. The number of nitrogens with zero attached hydrogens (tertiary/aromatic N) is 1. The second-order valence-corrected chi connectivity index (χ2v) is 6.75. The van der Waals surface area contributed by atoms with Crippen LogP contribution >= 0.6 is 0 Å². The first-order valence-corrected chi connectivity index (χ1v) is 7.58. The van der Waals surface area contributed by atoms with Crippen molar-refractivity contribution in [2.45, 2.75) is 9.79 Å². The number of sulfonamides is 2. The van der Waals surface area contributed by atoms with Crippen LogP contribution in [0, 0.1) is 10.1 Å². The fourth-order valence-corrected chi connectivity index (χ4v) is 2.92. The number of anilines is 1. The van der Waals surface area contributed by atoms with E-state index in [4.69, 9.17) is 10.9 Å². The average Bonchev–Trinajstić information content (AvgIpc) is 2.26. The molecule has 0 atom stereocenters. The lowest BCUT2D eigenvalue weighted by Gasteiger charge is -2.08. The topological polar surface area (TPSA) is 175 Å². The van der Waals surface area contributed by atoms with Crippen LogP contribution in [0.15, 0.2) is 21.9 Å². The molecule has 0 aliphatic carbocycles. The maximum absolute atomic E-state index is 11.6. The molecule has 0 aliphatic heterocycles. The standard InChI is InChI=1S/C7H10N4O6S2/c1-10-19(16,17)6-3-7(18(9,14)15)5(11(12)13)2-4(6)8/h2-3,10H,8H2,1H3,(H2,9,14,15). The van der Waals surface area contributed by atoms with Crippen LogP contribution < -0.4 is 15.6 Å². The Morgan fingerprint density at radius 3 is 2.11 bits per heavy atom. The van der Waals surface area contributed by atoms with E-state index in [0.29, 0.717) is 12.1 Å². The highest BCUT2D eigenvalue weighted by Crippen LogP contribution is 2.30. The Balaban J connectivity index is 3.82. The molecule has 1 aromatic rings. The first kappa shape index (κ1) is 15.3. The molecule has 0 bridgehead atoms. The van der Waals surface area contributed by atoms with E-state index in [0.717, 1.165) is 7.05 Å². The second kappa shape index (κ2) is 4.73. The third-order valence-electron chi connectivity index (χ3n) is 2.15. The summed E-state index contributed by atoms with van der Waals surface area (Å²) in [7, 11) is -7.47. The van der Waals surface area contributed by atoms with Crippen molar-refractivity contribution in [3.63, 3.8) is 0 Å². The number of nitro benzene ring substituents is 1. The van der Waals surface area contributed by atoms with E-state index in [-0.39, 0.29) is 0 Å². The van der Waals surface area contributed by atoms with Crippen molar-refractivity contribution in [1.29, 1.82) is 0 Å². The van der Waals surface area contributed by atoms with Gasteiger partial charge in [-0.25, -0.2) is 26.7 Å². The number of primary sulfonamides is 1. The van der Waals surface area contributed by atoms with Gasteiger partial charge in [0.15, 0.2) is 4.90 Å². The van der Waals surface area contributed by atoms with Crippen LogP contribution in [-0.2, 0) is 20.0 Å². The van der Waals surface area contributed by atoms with E-state index in [1.54, 1.807) is 0 Å². The molecule has 12 heteroatoms. The fourth-order valence-electron chi connectivity index (χ4n) is 1.28. The minimum absolute atomic E-state index is 0.464. The van der Waals surface area contributed by atoms with Crippen molar-refractivity contribution in [3.05, 3.63) is 22.2 Å². The fraction of sp³-hybridized carbons (Fsp3) is 0.143. The highest BCUT2D eigenvalue weighted by Gasteiger charge is 2.28. The van der Waals surface area contributed by atoms with Gasteiger partial charge in [-0.15, -0.1) is 0 Å². The van der Waals surface area contributed by atoms with Gasteiger partial charge in [-0.2, -0.15) is 0 Å². The van der Waals surface area contributed by atoms with Crippen LogP contribution in [0.3, 0.4) is 0 Å². The number of benzene rings is 1. The molecule has 1 rings (SSSR count). The summed E-state index contributed by atoms with van der Waals surface area (Å²) in [5, 5.41) is 15.5. The van der Waals surface area contributed by atoms with Gasteiger partial charge in [0.2, 0.25) is 20.0 Å². The zero-order valence-electron chi connectivity index (χ0n) is 9.52. The molecule has 0 aliphatic rings. The summed E-state index contributed by atoms with van der Waals surface area (Å²) < 4.78 is 47.6. The second-order valence-electron chi connectivity index (χ2n) is 3.37. The van der Waals surface area contributed by atoms with E-state index in [2.05, 4.69) is 0 Å². The summed E-state index contributed by atoms with van der Waals surface area (Å²) in [4.78, 5) is 8.16. The third kappa shape index (κ3) is 2.98. The van der Waals surface area contributed by atoms with Crippen LogP contribution in [0.1, 0.15) is 0 Å². The van der Waals surface area contributed by atoms with Gasteiger partial charge in [-0.3, -0.25) is 10.1 Å². The SMILES string of the molecule is CNS(=O)(=O)c1cc(S(N)(=O)=O)c([N+](=O)[O-])cc1N. The zero-order valence-corrected chi connectivity index (χ0v) is 11.2. The monoisotopic (exact) mass is 310 g/mol. The summed E-state index contributed by atoms with van der Waals surface area (Å²) in [6.07, 6.45) is 0. The van der Waals surface area contributed by atoms with E-state index >= 15 is 0 Å². The van der Waals surface area contributed by atoms with Crippen molar-refractivity contribution in [2.24, 2.45) is 5.14 Å². The number of hydrogen-bond donors (Lipinski definition) is 3. The molecule has 1 aromatic carbocycles. The molecule has 0 heterocycles. The predicted molar refractivity (Wildman–Crippen MR) is 65.1 cm³/mol. The van der Waals surface area contributed by atoms with Crippen molar-refractivity contribution >= 4 is 31.4 Å². The van der Waals surface area contributed by atoms with Crippen molar-refractivity contribution in [3.8, 4) is 0 Å². The maximum atomic E-state index is 11.6. The molecule has 5 N–H and O–H groups in total. The first-order valence-electron chi connectivity index (χ1n) is 4.55. The summed E-state index contributed by atoms with van der Waals surface area (Å²) >= 11 is 0. The van der Waals surface area contributed by atoms with Gasteiger partial charge in [-0.1, -0.05) is 0 Å². The number of rotatable bonds is 4. The molecule has 0 amide bonds. The van der Waals surface area contributed by atoms with E-state index in [1.807, 2.05) is 4.72 Å². The number of nitrogen functional groups attached to an aromatic ring is 1. The summed E-state index contributed by atoms with van der Waals surface area (Å²) in [5.41, 5.74) is 4.02. The van der Waals surface area contributed by atoms with Crippen LogP contribution in [0.25, 0.3) is 0 Å². The molecule has 106 valence electrons. The lowest BCUT2D eigenvalue weighted by molar-refractivity contribution is -0.387. The molecule has 0 saturated carbocycles. The van der Waals surface area contributed by atoms with E-state index < -0.39 is 46.1 Å². The molecule has 10 nitrogen and oxygen atoms in total. The van der Waals surface area contributed by atoms with Gasteiger partial charge in [0.05, 0.1) is 10.6 Å². The van der Waals surface area contributed by atoms with Gasteiger partial charge in [0.25, 0.3) is 5.69 Å². The van der Waals surface area contributed by atoms with Gasteiger partial charge in [0, 0.05) is 6.07 Å². The van der Waals surface area contributed by atoms with Crippen LogP contribution in [-0.4, -0.2) is 28.8 Å². The Labute approximate surface area is 108 Å². The molecule has 0 saturated heterocycles. The molecule has 19 heavy (non-hydrogen) atoms.